The van der Waals surface area contributed by atoms with Crippen molar-refractivity contribution < 1.29 is 9.95 Å². The van der Waals surface area contributed by atoms with Crippen molar-refractivity contribution >= 4 is 12.3 Å². The molecule has 0 unspecified atom stereocenters. The number of benzene rings is 1. The zero-order chi connectivity index (χ0) is 11.3. The molecule has 1 aromatic rings. The smallest absolute Gasteiger partial charge is 0.216 e. The largest absolute Gasteiger partial charge is 0.290 e. The lowest BCUT2D eigenvalue weighted by molar-refractivity contribution is -0.816. The molecule has 15 heavy (non-hydrogen) atoms. The van der Waals surface area contributed by atoms with Gasteiger partial charge in [-0.1, -0.05) is 30.3 Å². The van der Waals surface area contributed by atoms with E-state index in [1.54, 1.807) is 6.21 Å². The third-order valence-electron chi connectivity index (χ3n) is 2.00. The van der Waals surface area contributed by atoms with Gasteiger partial charge in [0.05, 0.1) is 0 Å². The monoisotopic (exact) mass is 204 g/mol. The van der Waals surface area contributed by atoms with E-state index in [4.69, 9.17) is 0 Å². The molecular formula is C13H18NO+. The fourth-order valence-electron chi connectivity index (χ4n) is 1.02. The second-order valence-electron chi connectivity index (χ2n) is 4.43. The molecule has 0 bridgehead atoms. The summed E-state index contributed by atoms with van der Waals surface area (Å²) in [5.74, 6) is 0. The Kier molecular flexibility index (Phi) is 3.67. The molecule has 0 saturated carbocycles. The fourth-order valence-corrected chi connectivity index (χ4v) is 1.02. The van der Waals surface area contributed by atoms with Gasteiger partial charge in [0.1, 0.15) is 0 Å². The normalized spacial score (nSPS) is 13.4. The summed E-state index contributed by atoms with van der Waals surface area (Å²) in [7, 11) is 0. The van der Waals surface area contributed by atoms with Crippen LogP contribution >= 0.6 is 0 Å². The molecule has 80 valence electrons. The van der Waals surface area contributed by atoms with Crippen molar-refractivity contribution in [3.8, 4) is 0 Å². The predicted molar refractivity (Wildman–Crippen MR) is 63.3 cm³/mol. The van der Waals surface area contributed by atoms with Crippen molar-refractivity contribution in [3.63, 3.8) is 0 Å². The van der Waals surface area contributed by atoms with E-state index in [-0.39, 0.29) is 5.54 Å². The number of hydroxylamine groups is 1. The summed E-state index contributed by atoms with van der Waals surface area (Å²) in [6.07, 6.45) is 5.45. The number of rotatable bonds is 2. The average Bonchev–Trinajstić information content (AvgIpc) is 2.18. The Morgan fingerprint density at radius 2 is 1.73 bits per heavy atom. The van der Waals surface area contributed by atoms with E-state index in [2.05, 4.69) is 0 Å². The molecule has 0 aliphatic carbocycles. The first-order valence-electron chi connectivity index (χ1n) is 5.05. The molecule has 0 radical (unpaired) electrons. The van der Waals surface area contributed by atoms with Crippen LogP contribution in [0.15, 0.2) is 36.4 Å². The Morgan fingerprint density at radius 3 is 2.27 bits per heavy atom. The Bertz CT molecular complexity index is 358. The van der Waals surface area contributed by atoms with Gasteiger partial charge in [-0.2, -0.15) is 0 Å². The molecule has 1 rings (SSSR count). The third kappa shape index (κ3) is 3.98. The van der Waals surface area contributed by atoms with Crippen molar-refractivity contribution in [2.45, 2.75) is 26.3 Å². The van der Waals surface area contributed by atoms with E-state index in [1.807, 2.05) is 63.3 Å². The van der Waals surface area contributed by atoms with Crippen LogP contribution in [0.5, 0.6) is 0 Å². The maximum Gasteiger partial charge on any atom is 0.216 e. The molecule has 0 amide bonds. The number of nitrogens with zero attached hydrogens (tertiary/aromatic N) is 1. The van der Waals surface area contributed by atoms with Crippen LogP contribution in [0, 0.1) is 0 Å². The molecule has 1 aromatic carbocycles. The van der Waals surface area contributed by atoms with Gasteiger partial charge in [0, 0.05) is 26.8 Å². The van der Waals surface area contributed by atoms with E-state index in [0.29, 0.717) is 0 Å². The van der Waals surface area contributed by atoms with Gasteiger partial charge >= 0.3 is 0 Å². The molecule has 0 fully saturated rings. The highest BCUT2D eigenvalue weighted by Crippen LogP contribution is 2.04. The lowest BCUT2D eigenvalue weighted by atomic mass is 10.1. The first-order chi connectivity index (χ1) is 7.00. The summed E-state index contributed by atoms with van der Waals surface area (Å²) in [6, 6.07) is 9.99. The Hall–Kier alpha value is -1.57. The quantitative estimate of drug-likeness (QED) is 0.340. The Labute approximate surface area is 91.1 Å². The molecule has 0 heterocycles. The van der Waals surface area contributed by atoms with Gasteiger partial charge in [0.25, 0.3) is 0 Å². The van der Waals surface area contributed by atoms with Gasteiger partial charge in [-0.15, -0.1) is 0 Å². The lowest BCUT2D eigenvalue weighted by Gasteiger charge is -2.07. The zero-order valence-corrected chi connectivity index (χ0v) is 9.51. The predicted octanol–water partition coefficient (Wildman–Crippen LogP) is 2.97. The van der Waals surface area contributed by atoms with Crippen LogP contribution in [0.2, 0.25) is 0 Å². The van der Waals surface area contributed by atoms with Gasteiger partial charge < -0.3 is 0 Å². The summed E-state index contributed by atoms with van der Waals surface area (Å²) >= 11 is 0. The van der Waals surface area contributed by atoms with Crippen molar-refractivity contribution in [2.75, 3.05) is 0 Å². The van der Waals surface area contributed by atoms with Crippen LogP contribution in [0.4, 0.5) is 0 Å². The summed E-state index contributed by atoms with van der Waals surface area (Å²) in [5.41, 5.74) is 0.858. The van der Waals surface area contributed by atoms with Crippen LogP contribution < -0.4 is 0 Å². The molecule has 0 aliphatic heterocycles. The highest BCUT2D eigenvalue weighted by molar-refractivity contribution is 5.74. The topological polar surface area (TPSA) is 23.2 Å². The van der Waals surface area contributed by atoms with Crippen LogP contribution in [0.25, 0.3) is 6.08 Å². The van der Waals surface area contributed by atoms with Crippen molar-refractivity contribution in [3.05, 3.63) is 42.0 Å². The third-order valence-corrected chi connectivity index (χ3v) is 2.00. The van der Waals surface area contributed by atoms with Crippen molar-refractivity contribution in [2.24, 2.45) is 0 Å². The lowest BCUT2D eigenvalue weighted by Crippen LogP contribution is -2.30. The summed E-state index contributed by atoms with van der Waals surface area (Å²) in [4.78, 5) is 0. The summed E-state index contributed by atoms with van der Waals surface area (Å²) in [6.45, 7) is 5.83. The minimum absolute atomic E-state index is 0.263. The highest BCUT2D eigenvalue weighted by atomic mass is 16.5. The van der Waals surface area contributed by atoms with Gasteiger partial charge in [-0.25, -0.2) is 0 Å². The maximum absolute atomic E-state index is 9.59. The second kappa shape index (κ2) is 4.78. The Morgan fingerprint density at radius 1 is 1.13 bits per heavy atom. The summed E-state index contributed by atoms with van der Waals surface area (Å²) in [5, 5.41) is 9.59. The van der Waals surface area contributed by atoms with E-state index < -0.39 is 0 Å². The van der Waals surface area contributed by atoms with Crippen LogP contribution in [-0.4, -0.2) is 21.7 Å². The van der Waals surface area contributed by atoms with Crippen LogP contribution in [0.1, 0.15) is 26.3 Å². The zero-order valence-electron chi connectivity index (χ0n) is 9.51. The van der Waals surface area contributed by atoms with E-state index >= 15 is 0 Å². The van der Waals surface area contributed by atoms with Gasteiger partial charge in [0.15, 0.2) is 0 Å². The van der Waals surface area contributed by atoms with E-state index in [1.165, 1.54) is 4.74 Å². The molecule has 2 nitrogen and oxygen atoms in total. The SMILES string of the molecule is CC(C)(C)/[N+](O)=C/C=C/c1ccccc1. The number of hydrogen-bond donors (Lipinski definition) is 1. The highest BCUT2D eigenvalue weighted by Gasteiger charge is 2.22. The molecule has 0 spiro atoms. The van der Waals surface area contributed by atoms with Crippen LogP contribution in [-0.2, 0) is 0 Å². The Balaban J connectivity index is 2.69. The van der Waals surface area contributed by atoms with Crippen molar-refractivity contribution in [1.29, 1.82) is 0 Å². The minimum Gasteiger partial charge on any atom is -0.290 e. The average molecular weight is 204 g/mol. The van der Waals surface area contributed by atoms with Gasteiger partial charge in [0.2, 0.25) is 11.8 Å². The number of hydrogen-bond acceptors (Lipinski definition) is 1. The second-order valence-corrected chi connectivity index (χ2v) is 4.43. The first kappa shape index (κ1) is 11.5. The molecule has 0 atom stereocenters. The standard InChI is InChI=1S/C13H18NO/c1-13(2,3)14(15)11-7-10-12-8-5-4-6-9-12/h4-11,15H,1-3H3/q+1/b10-7+,14-11-. The first-order valence-corrected chi connectivity index (χ1v) is 5.05. The molecular weight excluding hydrogens is 186 g/mol. The van der Waals surface area contributed by atoms with Gasteiger partial charge in [-0.3, -0.25) is 5.21 Å². The number of allylic oxidation sites excluding steroid dienone is 1. The molecule has 0 aromatic heterocycles. The molecule has 0 saturated heterocycles. The molecule has 0 aliphatic rings. The molecule has 1 N–H and O–H groups in total. The fraction of sp³-hybridized carbons (Fsp3) is 0.308. The van der Waals surface area contributed by atoms with Crippen LogP contribution in [0.3, 0.4) is 0 Å². The summed E-state index contributed by atoms with van der Waals surface area (Å²) < 4.78 is 1.20. The maximum atomic E-state index is 9.59. The van der Waals surface area contributed by atoms with E-state index in [0.717, 1.165) is 5.56 Å². The molecule has 2 heteroatoms. The van der Waals surface area contributed by atoms with Gasteiger partial charge in [-0.05, 0) is 16.4 Å². The van der Waals surface area contributed by atoms with Crippen molar-refractivity contribution in [1.82, 2.24) is 0 Å². The minimum atomic E-state index is -0.263. The van der Waals surface area contributed by atoms with E-state index in [9.17, 15) is 5.21 Å².